The summed E-state index contributed by atoms with van der Waals surface area (Å²) in [6.45, 7) is 0. The molecule has 24 valence electrons. The summed E-state index contributed by atoms with van der Waals surface area (Å²) in [5.41, 5.74) is 0. The van der Waals surface area contributed by atoms with Crippen LogP contribution in [0.25, 0.3) is 0 Å². The third-order valence-electron chi connectivity index (χ3n) is 0. The van der Waals surface area contributed by atoms with Crippen molar-refractivity contribution < 1.29 is 5.21 Å². The first-order chi connectivity index (χ1) is 1.00. The summed E-state index contributed by atoms with van der Waals surface area (Å²) < 4.78 is 0. The second-order valence-electron chi connectivity index (χ2n) is 0. The minimum atomic E-state index is 0. The Labute approximate surface area is 73.5 Å². The first-order valence-corrected chi connectivity index (χ1v) is 0.258. The third kappa shape index (κ3) is 9.14. The number of hydrogen-bond acceptors (Lipinski definition) is 2. The number of halogens is 1. The van der Waals surface area contributed by atoms with Gasteiger partial charge >= 0.3 is 51.4 Å². The van der Waals surface area contributed by atoms with E-state index >= 15 is 0 Å². The van der Waals surface area contributed by atoms with Crippen molar-refractivity contribution in [2.24, 2.45) is 5.90 Å². The van der Waals surface area contributed by atoms with Crippen molar-refractivity contribution in [3.8, 4) is 0 Å². The van der Waals surface area contributed by atoms with Crippen LogP contribution < -0.4 is 5.90 Å². The molecule has 0 saturated heterocycles. The van der Waals surface area contributed by atoms with E-state index in [2.05, 4.69) is 5.90 Å². The van der Waals surface area contributed by atoms with Gasteiger partial charge in [-0.3, -0.25) is 0 Å². The van der Waals surface area contributed by atoms with Gasteiger partial charge in [-0.2, -0.15) is 0 Å². The summed E-state index contributed by atoms with van der Waals surface area (Å²) in [5, 5.41) is 6.50. The first kappa shape index (κ1) is 16.9. The Morgan fingerprint density at radius 2 is 1.25 bits per heavy atom. The molecule has 0 rings (SSSR count). The Morgan fingerprint density at radius 1 is 1.25 bits per heavy atom. The van der Waals surface area contributed by atoms with Crippen molar-refractivity contribution in [3.63, 3.8) is 0 Å². The molecule has 4 heteroatoms. The fourth-order valence-electron chi connectivity index (χ4n) is 0. The van der Waals surface area contributed by atoms with Gasteiger partial charge in [0.15, 0.2) is 0 Å². The molecule has 0 heterocycles. The SMILES string of the molecule is Cl.NO.[KH]. The summed E-state index contributed by atoms with van der Waals surface area (Å²) in [4.78, 5) is 0. The molecule has 0 atom stereocenters. The van der Waals surface area contributed by atoms with Gasteiger partial charge in [-0.15, -0.1) is 12.4 Å². The molecule has 0 spiro atoms. The van der Waals surface area contributed by atoms with Crippen LogP contribution in [0.3, 0.4) is 0 Å². The molecule has 0 saturated carbocycles. The van der Waals surface area contributed by atoms with Crippen molar-refractivity contribution in [1.82, 2.24) is 0 Å². The maximum atomic E-state index is 6.50. The van der Waals surface area contributed by atoms with Crippen molar-refractivity contribution >= 4 is 63.8 Å². The van der Waals surface area contributed by atoms with Crippen LogP contribution in [-0.2, 0) is 0 Å². The maximum absolute atomic E-state index is 6.50. The average molecular weight is 110 g/mol. The Morgan fingerprint density at radius 3 is 1.25 bits per heavy atom. The van der Waals surface area contributed by atoms with Gasteiger partial charge in [-0.25, -0.2) is 5.90 Å². The molecule has 0 bridgehead atoms. The first-order valence-electron chi connectivity index (χ1n) is 0.258. The molecule has 0 aromatic rings. The number of rotatable bonds is 0. The van der Waals surface area contributed by atoms with Crippen LogP contribution in [0, 0.1) is 0 Å². The molecule has 3 N–H and O–H groups in total. The molecule has 2 nitrogen and oxygen atoms in total. The second-order valence-corrected chi connectivity index (χ2v) is 0. The Hall–Kier alpha value is 1.85. The molecule has 0 aliphatic heterocycles. The predicted octanol–water partition coefficient (Wildman–Crippen LogP) is -0.892. The molecule has 0 aliphatic rings. The molecule has 0 aliphatic carbocycles. The quantitative estimate of drug-likeness (QED) is 0.313. The summed E-state index contributed by atoms with van der Waals surface area (Å²) in [6.07, 6.45) is 0. The van der Waals surface area contributed by atoms with Crippen LogP contribution in [0.5, 0.6) is 0 Å². The number of nitrogens with two attached hydrogens (primary N) is 1. The fourth-order valence-corrected chi connectivity index (χ4v) is 0. The van der Waals surface area contributed by atoms with Gasteiger partial charge < -0.3 is 5.21 Å². The van der Waals surface area contributed by atoms with Crippen LogP contribution in [0.15, 0.2) is 0 Å². The molecule has 4 heavy (non-hydrogen) atoms. The van der Waals surface area contributed by atoms with Gasteiger partial charge in [0.25, 0.3) is 0 Å². The molecular formula is H5ClKNO. The van der Waals surface area contributed by atoms with E-state index in [1.165, 1.54) is 0 Å². The summed E-state index contributed by atoms with van der Waals surface area (Å²) >= 11 is 0. The topological polar surface area (TPSA) is 46.2 Å². The van der Waals surface area contributed by atoms with E-state index in [9.17, 15) is 0 Å². The van der Waals surface area contributed by atoms with E-state index in [4.69, 9.17) is 5.21 Å². The third-order valence-corrected chi connectivity index (χ3v) is 0. The molecule has 0 aromatic carbocycles. The zero-order chi connectivity index (χ0) is 2.00. The van der Waals surface area contributed by atoms with Gasteiger partial charge in [-0.1, -0.05) is 0 Å². The zero-order valence-electron chi connectivity index (χ0n) is 1.43. The van der Waals surface area contributed by atoms with Gasteiger partial charge in [0.2, 0.25) is 0 Å². The molecule has 0 unspecified atom stereocenters. The van der Waals surface area contributed by atoms with Crippen molar-refractivity contribution in [3.05, 3.63) is 0 Å². The van der Waals surface area contributed by atoms with E-state index < -0.39 is 0 Å². The van der Waals surface area contributed by atoms with Crippen LogP contribution in [-0.4, -0.2) is 56.6 Å². The van der Waals surface area contributed by atoms with Crippen molar-refractivity contribution in [1.29, 1.82) is 0 Å². The minimum absolute atomic E-state index is 0. The standard InChI is InChI=1S/ClH.K.H3NO.H/c;;1-2;/h1H;;2H,1H2;. The summed E-state index contributed by atoms with van der Waals surface area (Å²) in [6, 6.07) is 0. The fraction of sp³-hybridized carbons (Fsp3) is 0. The van der Waals surface area contributed by atoms with Gasteiger partial charge in [-0.05, 0) is 0 Å². The van der Waals surface area contributed by atoms with E-state index in [1.54, 1.807) is 0 Å². The Bertz CT molecular complexity index is 8.00. The van der Waals surface area contributed by atoms with Crippen molar-refractivity contribution in [2.75, 3.05) is 0 Å². The average Bonchev–Trinajstić information content (AvgIpc) is 1.00. The normalized spacial score (nSPS) is 1.50. The van der Waals surface area contributed by atoms with Crippen LogP contribution in [0.2, 0.25) is 0 Å². The second kappa shape index (κ2) is 21.0. The summed E-state index contributed by atoms with van der Waals surface area (Å²) in [7, 11) is 0. The number of hydrogen-bond donors (Lipinski definition) is 2. The van der Waals surface area contributed by atoms with E-state index in [0.29, 0.717) is 0 Å². The predicted molar refractivity (Wildman–Crippen MR) is 20.4 cm³/mol. The Kier molecular flexibility index (Phi) is 89.1. The van der Waals surface area contributed by atoms with Gasteiger partial charge in [0.1, 0.15) is 0 Å². The van der Waals surface area contributed by atoms with Gasteiger partial charge in [0, 0.05) is 0 Å². The van der Waals surface area contributed by atoms with E-state index in [0.717, 1.165) is 0 Å². The molecule has 0 fully saturated rings. The zero-order valence-corrected chi connectivity index (χ0v) is 2.25. The molecule has 0 amide bonds. The van der Waals surface area contributed by atoms with Crippen LogP contribution in [0.4, 0.5) is 0 Å². The van der Waals surface area contributed by atoms with Crippen LogP contribution >= 0.6 is 12.4 Å². The monoisotopic (exact) mass is 109 g/mol. The van der Waals surface area contributed by atoms with E-state index in [1.807, 2.05) is 0 Å². The van der Waals surface area contributed by atoms with Crippen molar-refractivity contribution in [2.45, 2.75) is 0 Å². The molecule has 0 radical (unpaired) electrons. The van der Waals surface area contributed by atoms with Gasteiger partial charge in [0.05, 0.1) is 0 Å². The molecule has 0 aromatic heterocycles. The molecular weight excluding hydrogens is 105 g/mol. The Balaban J connectivity index is -0.00000000500. The van der Waals surface area contributed by atoms with E-state index in [-0.39, 0.29) is 63.8 Å². The summed E-state index contributed by atoms with van der Waals surface area (Å²) in [5.74, 6) is 3.50. The van der Waals surface area contributed by atoms with Crippen LogP contribution in [0.1, 0.15) is 0 Å².